The van der Waals surface area contributed by atoms with Crippen molar-refractivity contribution in [1.82, 2.24) is 0 Å². The summed E-state index contributed by atoms with van der Waals surface area (Å²) < 4.78 is 0. The largest absolute Gasteiger partial charge is 0.628 e. The molecule has 4 nitrogen and oxygen atoms in total. The Hall–Kier alpha value is -1.13. The van der Waals surface area contributed by atoms with E-state index in [0.29, 0.717) is 13.0 Å². The number of nitrogens with zero attached hydrogens (tertiary/aromatic N) is 1. The van der Waals surface area contributed by atoms with Crippen LogP contribution in [0.5, 0.6) is 0 Å². The van der Waals surface area contributed by atoms with E-state index in [4.69, 9.17) is 5.21 Å². The van der Waals surface area contributed by atoms with E-state index >= 15 is 0 Å². The molecule has 68 valence electrons. The molecule has 0 aromatic heterocycles. The zero-order chi connectivity index (χ0) is 9.40. The topological polar surface area (TPSA) is 60.1 Å². The lowest BCUT2D eigenvalue weighted by Crippen LogP contribution is -3.06. The summed E-state index contributed by atoms with van der Waals surface area (Å²) in [7, 11) is 0. The van der Waals surface area contributed by atoms with Crippen LogP contribution >= 0.6 is 0 Å². The molecule has 4 heteroatoms. The third kappa shape index (κ3) is 4.65. The summed E-state index contributed by atoms with van der Waals surface area (Å²) >= 11 is 0. The summed E-state index contributed by atoms with van der Waals surface area (Å²) in [6.45, 7) is 5.84. The summed E-state index contributed by atoms with van der Waals surface area (Å²) in [5.74, 6) is 0. The molecule has 1 unspecified atom stereocenters. The maximum absolute atomic E-state index is 10.8. The Morgan fingerprint density at radius 2 is 2.42 bits per heavy atom. The molecule has 0 bridgehead atoms. The zero-order valence-electron chi connectivity index (χ0n) is 7.16. The highest BCUT2D eigenvalue weighted by Gasteiger charge is 1.95. The highest BCUT2D eigenvalue weighted by atomic mass is 16.5. The fourth-order valence-electron chi connectivity index (χ4n) is 0.761. The highest BCUT2D eigenvalue weighted by molar-refractivity contribution is 5.41. The maximum atomic E-state index is 10.8. The van der Waals surface area contributed by atoms with Gasteiger partial charge in [-0.2, -0.15) is 0 Å². The smallest absolute Gasteiger partial charge is 0.223 e. The van der Waals surface area contributed by atoms with Crippen LogP contribution in [0, 0.1) is 5.21 Å². The fraction of sp³-hybridized carbons (Fsp3) is 0.375. The van der Waals surface area contributed by atoms with E-state index in [1.54, 1.807) is 6.08 Å². The minimum Gasteiger partial charge on any atom is -0.628 e. The quantitative estimate of drug-likeness (QED) is 0.205. The maximum Gasteiger partial charge on any atom is 0.223 e. The molecule has 1 atom stereocenters. The Balaban J connectivity index is 3.74. The van der Waals surface area contributed by atoms with Crippen LogP contribution in [0.25, 0.3) is 0 Å². The van der Waals surface area contributed by atoms with Crippen LogP contribution in [0.4, 0.5) is 0 Å². The molecule has 0 aliphatic carbocycles. The number of oxime groups is 1. The van der Waals surface area contributed by atoms with Gasteiger partial charge in [0.25, 0.3) is 0 Å². The Bertz CT molecular complexity index is 187. The summed E-state index contributed by atoms with van der Waals surface area (Å²) in [6, 6.07) is 0. The number of nitrogens with one attached hydrogen (secondary N) is 1. The van der Waals surface area contributed by atoms with Gasteiger partial charge in [0.15, 0.2) is 0 Å². The van der Waals surface area contributed by atoms with Gasteiger partial charge in [-0.25, -0.2) is 0 Å². The molecule has 0 aromatic carbocycles. The monoisotopic (exact) mass is 170 g/mol. The lowest BCUT2D eigenvalue weighted by atomic mass is 10.2. The SMILES string of the molecule is C=C/C(=C\C)CC[NH+]([O-])C=NO. The third-order valence-electron chi connectivity index (χ3n) is 1.49. The van der Waals surface area contributed by atoms with E-state index in [9.17, 15) is 5.21 Å². The molecule has 0 rings (SSSR count). The van der Waals surface area contributed by atoms with Crippen LogP contribution in [0.3, 0.4) is 0 Å². The van der Waals surface area contributed by atoms with Crippen molar-refractivity contribution in [3.8, 4) is 0 Å². The average Bonchev–Trinajstić information content (AvgIpc) is 2.07. The number of hydroxylamine groups is 2. The second-order valence-electron chi connectivity index (χ2n) is 2.28. The minimum atomic E-state index is -0.182. The standard InChI is InChI=1S/C8H14N2O2/c1-3-8(4-2)5-6-10(12)7-9-11/h3-4,7,10-11H,1,5-6H2,2H3/b8-4+,9-7?. The summed E-state index contributed by atoms with van der Waals surface area (Å²) in [5.41, 5.74) is 1.02. The molecular formula is C8H14N2O2. The number of quaternary nitrogens is 1. The second-order valence-corrected chi connectivity index (χ2v) is 2.28. The third-order valence-corrected chi connectivity index (χ3v) is 1.49. The van der Waals surface area contributed by atoms with Gasteiger partial charge in [-0.05, 0) is 17.7 Å². The Morgan fingerprint density at radius 1 is 1.75 bits per heavy atom. The molecule has 0 radical (unpaired) electrons. The Kier molecular flexibility index (Phi) is 5.95. The first-order valence-corrected chi connectivity index (χ1v) is 3.72. The number of allylic oxidation sites excluding steroid dienone is 2. The lowest BCUT2D eigenvalue weighted by molar-refractivity contribution is -0.740. The molecule has 0 aliphatic heterocycles. The molecule has 0 amide bonds. The van der Waals surface area contributed by atoms with Gasteiger partial charge in [0.2, 0.25) is 6.34 Å². The van der Waals surface area contributed by atoms with Gasteiger partial charge in [0.1, 0.15) is 0 Å². The van der Waals surface area contributed by atoms with Crippen LogP contribution in [-0.4, -0.2) is 18.1 Å². The lowest BCUT2D eigenvalue weighted by Gasteiger charge is -2.14. The first-order valence-electron chi connectivity index (χ1n) is 3.72. The van der Waals surface area contributed by atoms with Crippen LogP contribution < -0.4 is 5.06 Å². The molecule has 12 heavy (non-hydrogen) atoms. The van der Waals surface area contributed by atoms with Crippen LogP contribution in [0.1, 0.15) is 13.3 Å². The molecular weight excluding hydrogens is 156 g/mol. The van der Waals surface area contributed by atoms with Gasteiger partial charge in [0, 0.05) is 6.42 Å². The molecule has 0 aromatic rings. The van der Waals surface area contributed by atoms with Gasteiger partial charge >= 0.3 is 0 Å². The van der Waals surface area contributed by atoms with Crippen molar-refractivity contribution >= 4 is 6.34 Å². The van der Waals surface area contributed by atoms with E-state index in [2.05, 4.69) is 11.7 Å². The van der Waals surface area contributed by atoms with E-state index in [1.165, 1.54) is 0 Å². The van der Waals surface area contributed by atoms with E-state index in [0.717, 1.165) is 11.9 Å². The van der Waals surface area contributed by atoms with Crippen molar-refractivity contribution in [1.29, 1.82) is 0 Å². The summed E-state index contributed by atoms with van der Waals surface area (Å²) in [4.78, 5) is 0. The molecule has 0 heterocycles. The van der Waals surface area contributed by atoms with Crippen LogP contribution in [0.2, 0.25) is 0 Å². The predicted molar refractivity (Wildman–Crippen MR) is 48.0 cm³/mol. The number of hydrogen-bond donors (Lipinski definition) is 2. The van der Waals surface area contributed by atoms with Gasteiger partial charge in [-0.1, -0.05) is 18.7 Å². The molecule has 0 fully saturated rings. The Labute approximate surface area is 72.1 Å². The van der Waals surface area contributed by atoms with E-state index in [-0.39, 0.29) is 5.06 Å². The molecule has 0 saturated heterocycles. The first kappa shape index (κ1) is 10.9. The van der Waals surface area contributed by atoms with Gasteiger partial charge in [-0.15, -0.1) is 0 Å². The summed E-state index contributed by atoms with van der Waals surface area (Å²) in [5, 5.41) is 21.3. The predicted octanol–water partition coefficient (Wildman–Crippen LogP) is 0.309. The van der Waals surface area contributed by atoms with E-state index in [1.807, 2.05) is 13.0 Å². The first-order chi connectivity index (χ1) is 5.74. The Morgan fingerprint density at radius 3 is 2.83 bits per heavy atom. The molecule has 2 N–H and O–H groups in total. The molecule has 0 aliphatic rings. The highest BCUT2D eigenvalue weighted by Crippen LogP contribution is 1.98. The number of rotatable bonds is 5. The van der Waals surface area contributed by atoms with Gasteiger partial charge in [0.05, 0.1) is 6.54 Å². The molecule has 0 saturated carbocycles. The van der Waals surface area contributed by atoms with Crippen LogP contribution in [0.15, 0.2) is 29.5 Å². The van der Waals surface area contributed by atoms with Gasteiger partial charge in [-0.3, -0.25) is 0 Å². The second kappa shape index (κ2) is 6.57. The van der Waals surface area contributed by atoms with Crippen molar-refractivity contribution in [2.24, 2.45) is 5.16 Å². The molecule has 0 spiro atoms. The van der Waals surface area contributed by atoms with Crippen molar-refractivity contribution in [2.45, 2.75) is 13.3 Å². The van der Waals surface area contributed by atoms with Crippen molar-refractivity contribution in [3.63, 3.8) is 0 Å². The number of hydrogen-bond acceptors (Lipinski definition) is 3. The van der Waals surface area contributed by atoms with E-state index < -0.39 is 0 Å². The normalized spacial score (nSPS) is 15.0. The fourth-order valence-corrected chi connectivity index (χ4v) is 0.761. The zero-order valence-corrected chi connectivity index (χ0v) is 7.16. The van der Waals surface area contributed by atoms with Crippen molar-refractivity contribution in [2.75, 3.05) is 6.54 Å². The van der Waals surface area contributed by atoms with Gasteiger partial charge < -0.3 is 15.5 Å². The van der Waals surface area contributed by atoms with Crippen LogP contribution in [-0.2, 0) is 0 Å². The average molecular weight is 170 g/mol. The van der Waals surface area contributed by atoms with Crippen molar-refractivity contribution < 1.29 is 10.3 Å². The summed E-state index contributed by atoms with van der Waals surface area (Å²) in [6.07, 6.45) is 5.17. The minimum absolute atomic E-state index is 0.182. The van der Waals surface area contributed by atoms with Crippen molar-refractivity contribution in [3.05, 3.63) is 29.5 Å².